The Hall–Kier alpha value is -2.80. The van der Waals surface area contributed by atoms with Crippen LogP contribution in [0.2, 0.25) is 0 Å². The Morgan fingerprint density at radius 3 is 2.50 bits per heavy atom. The molecule has 0 aliphatic carbocycles. The van der Waals surface area contributed by atoms with Gasteiger partial charge in [0.2, 0.25) is 4.77 Å². The number of hydrogen-bond donors (Lipinski definition) is 1. The lowest BCUT2D eigenvalue weighted by atomic mass is 9.87. The summed E-state index contributed by atoms with van der Waals surface area (Å²) >= 11 is 5.24. The summed E-state index contributed by atoms with van der Waals surface area (Å²) in [6, 6.07) is 11.8. The lowest BCUT2D eigenvalue weighted by molar-refractivity contribution is 0.290. The fourth-order valence-electron chi connectivity index (χ4n) is 2.31. The van der Waals surface area contributed by atoms with Gasteiger partial charge < -0.3 is 4.74 Å². The fourth-order valence-corrected chi connectivity index (χ4v) is 2.51. The zero-order valence-electron chi connectivity index (χ0n) is 15.0. The van der Waals surface area contributed by atoms with E-state index in [1.165, 1.54) is 5.56 Å². The molecule has 3 aromatic rings. The van der Waals surface area contributed by atoms with Gasteiger partial charge in [0.1, 0.15) is 12.4 Å². The summed E-state index contributed by atoms with van der Waals surface area (Å²) in [6.07, 6.45) is 5.12. The SMILES string of the molecule is CC(C)(C)c1ccc(OCc2n[nH]c(=S)n2/N=C\c2ccncc2)cc1. The van der Waals surface area contributed by atoms with Crippen molar-refractivity contribution in [2.75, 3.05) is 0 Å². The number of benzene rings is 1. The highest BCUT2D eigenvalue weighted by Gasteiger charge is 2.13. The Morgan fingerprint density at radius 1 is 1.15 bits per heavy atom. The van der Waals surface area contributed by atoms with Crippen molar-refractivity contribution in [1.82, 2.24) is 19.9 Å². The molecule has 0 radical (unpaired) electrons. The Bertz CT molecular complexity index is 937. The molecule has 3 rings (SSSR count). The molecule has 0 atom stereocenters. The summed E-state index contributed by atoms with van der Waals surface area (Å²) in [6.45, 7) is 6.81. The first kappa shape index (κ1) is 18.0. The first-order chi connectivity index (χ1) is 12.4. The average molecular weight is 367 g/mol. The first-order valence-corrected chi connectivity index (χ1v) is 8.68. The summed E-state index contributed by atoms with van der Waals surface area (Å²) < 4.78 is 7.80. The van der Waals surface area contributed by atoms with Gasteiger partial charge in [0.25, 0.3) is 0 Å². The smallest absolute Gasteiger partial charge is 0.216 e. The van der Waals surface area contributed by atoms with Crippen LogP contribution in [0.3, 0.4) is 0 Å². The van der Waals surface area contributed by atoms with E-state index >= 15 is 0 Å². The molecule has 134 valence electrons. The number of ether oxygens (including phenoxy) is 1. The van der Waals surface area contributed by atoms with E-state index in [1.807, 2.05) is 24.3 Å². The maximum Gasteiger partial charge on any atom is 0.216 e. The molecule has 7 heteroatoms. The van der Waals surface area contributed by atoms with Gasteiger partial charge in [0.05, 0.1) is 6.21 Å². The molecule has 1 N–H and O–H groups in total. The van der Waals surface area contributed by atoms with Crippen LogP contribution in [0, 0.1) is 4.77 Å². The van der Waals surface area contributed by atoms with Gasteiger partial charge in [0, 0.05) is 12.4 Å². The van der Waals surface area contributed by atoms with Crippen LogP contribution in [0.15, 0.2) is 53.9 Å². The molecule has 2 aromatic heterocycles. The van der Waals surface area contributed by atoms with Gasteiger partial charge in [-0.3, -0.25) is 4.98 Å². The number of aromatic amines is 1. The lowest BCUT2D eigenvalue weighted by Crippen LogP contribution is -2.10. The van der Waals surface area contributed by atoms with Crippen LogP contribution in [-0.4, -0.2) is 26.1 Å². The highest BCUT2D eigenvalue weighted by Crippen LogP contribution is 2.24. The summed E-state index contributed by atoms with van der Waals surface area (Å²) in [4.78, 5) is 3.98. The Labute approximate surface area is 157 Å². The molecular weight excluding hydrogens is 346 g/mol. The molecule has 0 spiro atoms. The first-order valence-electron chi connectivity index (χ1n) is 8.27. The molecule has 0 unspecified atom stereocenters. The number of H-pyrrole nitrogens is 1. The standard InChI is InChI=1S/C19H21N5OS/c1-19(2,3)15-4-6-16(7-5-15)25-13-17-22-23-18(26)24(17)21-12-14-8-10-20-11-9-14/h4-12H,13H2,1-3H3,(H,23,26)/b21-12-. The van der Waals surface area contributed by atoms with Crippen molar-refractivity contribution in [3.8, 4) is 5.75 Å². The predicted octanol–water partition coefficient (Wildman–Crippen LogP) is 4.09. The van der Waals surface area contributed by atoms with Crippen LogP contribution in [0.25, 0.3) is 0 Å². The molecule has 0 saturated heterocycles. The van der Waals surface area contributed by atoms with Crippen molar-refractivity contribution in [2.24, 2.45) is 5.10 Å². The molecule has 1 aromatic carbocycles. The third-order valence-corrected chi connectivity index (χ3v) is 4.10. The van der Waals surface area contributed by atoms with Gasteiger partial charge in [-0.25, -0.2) is 5.10 Å². The highest BCUT2D eigenvalue weighted by atomic mass is 32.1. The highest BCUT2D eigenvalue weighted by molar-refractivity contribution is 7.71. The monoisotopic (exact) mass is 367 g/mol. The van der Waals surface area contributed by atoms with Gasteiger partial charge in [0.15, 0.2) is 5.82 Å². The third kappa shape index (κ3) is 4.43. The molecule has 0 saturated carbocycles. The lowest BCUT2D eigenvalue weighted by Gasteiger charge is -2.19. The molecule has 0 bridgehead atoms. The van der Waals surface area contributed by atoms with E-state index in [0.717, 1.165) is 11.3 Å². The second-order valence-electron chi connectivity index (χ2n) is 6.84. The van der Waals surface area contributed by atoms with Crippen LogP contribution in [-0.2, 0) is 12.0 Å². The van der Waals surface area contributed by atoms with E-state index < -0.39 is 0 Å². The van der Waals surface area contributed by atoms with Gasteiger partial charge in [-0.15, -0.1) is 0 Å². The topological polar surface area (TPSA) is 68.1 Å². The summed E-state index contributed by atoms with van der Waals surface area (Å²) in [7, 11) is 0. The number of rotatable bonds is 5. The van der Waals surface area contributed by atoms with Crippen molar-refractivity contribution in [3.05, 3.63) is 70.5 Å². The summed E-state index contributed by atoms with van der Waals surface area (Å²) in [5, 5.41) is 11.3. The molecule has 26 heavy (non-hydrogen) atoms. The van der Waals surface area contributed by atoms with E-state index in [1.54, 1.807) is 23.3 Å². The van der Waals surface area contributed by atoms with Gasteiger partial charge >= 0.3 is 0 Å². The van der Waals surface area contributed by atoms with Crippen LogP contribution in [0.1, 0.15) is 37.7 Å². The van der Waals surface area contributed by atoms with Crippen LogP contribution in [0.4, 0.5) is 0 Å². The second-order valence-corrected chi connectivity index (χ2v) is 7.23. The minimum atomic E-state index is 0.114. The third-order valence-electron chi connectivity index (χ3n) is 3.83. The van der Waals surface area contributed by atoms with Gasteiger partial charge in [-0.05, 0) is 53.0 Å². The van der Waals surface area contributed by atoms with Gasteiger partial charge in [-0.2, -0.15) is 14.9 Å². The minimum absolute atomic E-state index is 0.114. The van der Waals surface area contributed by atoms with E-state index in [9.17, 15) is 0 Å². The van der Waals surface area contributed by atoms with Crippen LogP contribution >= 0.6 is 12.2 Å². The Kier molecular flexibility index (Phi) is 5.27. The van der Waals surface area contributed by atoms with Crippen LogP contribution in [0.5, 0.6) is 5.75 Å². The molecule has 0 fully saturated rings. The normalized spacial score (nSPS) is 11.8. The van der Waals surface area contributed by atoms with Crippen molar-refractivity contribution in [1.29, 1.82) is 0 Å². The van der Waals surface area contributed by atoms with E-state index in [2.05, 4.69) is 53.2 Å². The Balaban J connectivity index is 1.71. The Morgan fingerprint density at radius 2 is 1.85 bits per heavy atom. The predicted molar refractivity (Wildman–Crippen MR) is 104 cm³/mol. The maximum atomic E-state index is 5.83. The van der Waals surface area contributed by atoms with Gasteiger partial charge in [-0.1, -0.05) is 32.9 Å². The van der Waals surface area contributed by atoms with E-state index in [-0.39, 0.29) is 12.0 Å². The zero-order valence-corrected chi connectivity index (χ0v) is 15.8. The number of nitrogens with zero attached hydrogens (tertiary/aromatic N) is 4. The molecule has 6 nitrogen and oxygen atoms in total. The molecule has 0 aliphatic rings. The fraction of sp³-hybridized carbons (Fsp3) is 0.263. The van der Waals surface area contributed by atoms with Crippen LogP contribution < -0.4 is 4.74 Å². The van der Waals surface area contributed by atoms with Crippen molar-refractivity contribution in [3.63, 3.8) is 0 Å². The number of hydrogen-bond acceptors (Lipinski definition) is 5. The summed E-state index contributed by atoms with van der Waals surface area (Å²) in [5.41, 5.74) is 2.30. The van der Waals surface area contributed by atoms with Crippen molar-refractivity contribution < 1.29 is 4.74 Å². The minimum Gasteiger partial charge on any atom is -0.486 e. The molecule has 0 aliphatic heterocycles. The maximum absolute atomic E-state index is 5.83. The molecule has 2 heterocycles. The molecule has 0 amide bonds. The second kappa shape index (κ2) is 7.61. The zero-order chi connectivity index (χ0) is 18.6. The average Bonchev–Trinajstić information content (AvgIpc) is 2.98. The molecular formula is C19H21N5OS. The van der Waals surface area contributed by atoms with Crippen molar-refractivity contribution in [2.45, 2.75) is 32.8 Å². The summed E-state index contributed by atoms with van der Waals surface area (Å²) in [5.74, 6) is 1.37. The largest absolute Gasteiger partial charge is 0.486 e. The number of aromatic nitrogens is 4. The number of pyridine rings is 1. The van der Waals surface area contributed by atoms with E-state index in [0.29, 0.717) is 10.6 Å². The van der Waals surface area contributed by atoms with E-state index in [4.69, 9.17) is 17.0 Å². The quantitative estimate of drug-likeness (QED) is 0.545. The number of nitrogens with one attached hydrogen (secondary N) is 1. The van der Waals surface area contributed by atoms with Crippen molar-refractivity contribution >= 4 is 18.4 Å².